The van der Waals surface area contributed by atoms with Crippen LogP contribution < -0.4 is 29.1 Å². The number of rotatable bonds is 13. The van der Waals surface area contributed by atoms with Crippen molar-refractivity contribution in [2.45, 2.75) is 80.1 Å². The van der Waals surface area contributed by atoms with Crippen molar-refractivity contribution in [3.63, 3.8) is 0 Å². The van der Waals surface area contributed by atoms with Crippen LogP contribution in [0, 0.1) is 53.2 Å². The molecule has 0 N–H and O–H groups in total. The second kappa shape index (κ2) is 28.2. The fourth-order valence-corrected chi connectivity index (χ4v) is 8.83. The van der Waals surface area contributed by atoms with Crippen LogP contribution in [0.25, 0.3) is 10.6 Å². The number of anilines is 6. The number of pyridine rings is 2. The Morgan fingerprint density at radius 3 is 1.26 bits per heavy atom. The van der Waals surface area contributed by atoms with Crippen LogP contribution in [0.15, 0.2) is 168 Å². The number of aromatic nitrogens is 2. The van der Waals surface area contributed by atoms with Crippen molar-refractivity contribution in [3.8, 4) is 11.5 Å². The van der Waals surface area contributed by atoms with E-state index < -0.39 is 0 Å². The van der Waals surface area contributed by atoms with Crippen LogP contribution in [0.1, 0.15) is 74.9 Å². The van der Waals surface area contributed by atoms with Crippen LogP contribution in [0.4, 0.5) is 57.1 Å². The molecule has 0 fully saturated rings. The van der Waals surface area contributed by atoms with Gasteiger partial charge in [0.25, 0.3) is 0 Å². The average molecular weight is 1430 g/mol. The number of fused-ring (bicyclic) bond motifs is 2. The summed E-state index contributed by atoms with van der Waals surface area (Å²) >= 11 is 0. The third-order valence-electron chi connectivity index (χ3n) is 12.9. The van der Waals surface area contributed by atoms with Crippen LogP contribution in [0.2, 0.25) is 0 Å². The molecule has 0 unspecified atom stereocenters. The van der Waals surface area contributed by atoms with Crippen LogP contribution in [0.5, 0.6) is 11.5 Å². The Morgan fingerprint density at radius 2 is 0.912 bits per heavy atom. The Balaban J connectivity index is 0.000000243. The smallest absolute Gasteiger partial charge is 0.125 e. The first kappa shape index (κ1) is 61.9. The number of ether oxygens (including phenoxy) is 2. The van der Waals surface area contributed by atoms with Gasteiger partial charge in [-0.2, -0.15) is 74.0 Å². The van der Waals surface area contributed by atoms with E-state index in [0.29, 0.717) is 13.2 Å². The van der Waals surface area contributed by atoms with E-state index in [1.54, 1.807) is 12.7 Å². The number of benzene rings is 6. The zero-order chi connectivity index (χ0) is 55.4. The number of para-hydroxylation sites is 2. The molecule has 0 atom stereocenters. The van der Waals surface area contributed by atoms with Gasteiger partial charge < -0.3 is 49.7 Å². The van der Waals surface area contributed by atoms with E-state index in [2.05, 4.69) is 156 Å². The number of hydrogen-bond donors (Lipinski definition) is 0. The molecule has 6 aromatic carbocycles. The second-order valence-corrected chi connectivity index (χ2v) is 21.3. The summed E-state index contributed by atoms with van der Waals surface area (Å²) in [5.41, 5.74) is 14.4. The van der Waals surface area contributed by atoms with E-state index in [9.17, 15) is 0 Å². The second-order valence-electron chi connectivity index (χ2n) is 21.3. The molecule has 8 aromatic rings. The van der Waals surface area contributed by atoms with E-state index in [1.165, 1.54) is 11.1 Å². The van der Waals surface area contributed by atoms with Gasteiger partial charge in [0, 0.05) is 77.3 Å². The van der Waals surface area contributed by atoms with Gasteiger partial charge in [-0.1, -0.05) is 138 Å². The molecule has 2 aliphatic rings. The van der Waals surface area contributed by atoms with Gasteiger partial charge in [-0.3, -0.25) is 0 Å². The first-order chi connectivity index (χ1) is 37.4. The first-order valence-electron chi connectivity index (χ1n) is 26.2. The standard InChI is InChI=1S/C40H48N4O2.2C13H11N3.2Pt/c1-27-21-29(3)37(35(23-27)43-25-41-33-15-11-31(12-16-33)39(5,6)7)45-19-20-46-38-30(4)22-28(2)24-36(38)44-26-42-34-17-13-32(14-18-34)40(8,9)10;2*1-15-10-16(11-6-3-2-4-7-11)13-12(15)8-5-9-14-13;;/h11-18,21-26H,19-20H2,1-10H3;2*2-6,8-10H,1H3;;/q3*-2;;. The number of hydrogen-bond acceptors (Lipinski definition) is 10. The molecule has 14 heteroatoms. The van der Waals surface area contributed by atoms with Crippen molar-refractivity contribution in [2.75, 3.05) is 46.9 Å². The SMILES string of the molecule is CN1[CH-]N(c2[c-]cccc2)c2ncccc21.CN1[CH-]N(c2[c-]cccc2)c2ncccc21.Cc1cc(C)c(OCCOc2c(C)cc(C)cc2[N-]C=Nc2ccc(C(C)(C)C)cc2)c([N-]C=Nc2ccc(C(C)(C)C)cc2)c1.[Pt].[Pt]. The summed E-state index contributed by atoms with van der Waals surface area (Å²) in [4.78, 5) is 26.1. The molecular weight excluding hydrogens is 1350 g/mol. The monoisotopic (exact) mass is 1420 g/mol. The zero-order valence-electron chi connectivity index (χ0n) is 47.7. The molecule has 0 saturated carbocycles. The van der Waals surface area contributed by atoms with Crippen molar-refractivity contribution in [1.82, 2.24) is 9.97 Å². The van der Waals surface area contributed by atoms with Crippen LogP contribution in [-0.4, -0.2) is 50.0 Å². The Kier molecular flexibility index (Phi) is 21.9. The van der Waals surface area contributed by atoms with Gasteiger partial charge in [0.2, 0.25) is 0 Å². The summed E-state index contributed by atoms with van der Waals surface area (Å²) in [6.45, 7) is 26.1. The van der Waals surface area contributed by atoms with Gasteiger partial charge in [-0.05, 0) is 111 Å². The van der Waals surface area contributed by atoms with E-state index in [-0.39, 0.29) is 53.0 Å². The minimum absolute atomic E-state index is 0. The van der Waals surface area contributed by atoms with Crippen LogP contribution in [0.3, 0.4) is 0 Å². The Hall–Kier alpha value is -7.26. The van der Waals surface area contributed by atoms with Crippen molar-refractivity contribution >= 4 is 69.8 Å². The predicted molar refractivity (Wildman–Crippen MR) is 324 cm³/mol. The van der Waals surface area contributed by atoms with Gasteiger partial charge in [-0.15, -0.1) is 11.4 Å². The molecule has 80 heavy (non-hydrogen) atoms. The van der Waals surface area contributed by atoms with Crippen molar-refractivity contribution < 1.29 is 51.6 Å². The molecular formula is C66H70N10O2Pt2-6. The molecule has 0 aliphatic carbocycles. The van der Waals surface area contributed by atoms with Gasteiger partial charge in [0.05, 0.1) is 0 Å². The molecule has 12 nitrogen and oxygen atoms in total. The maximum absolute atomic E-state index is 6.24. The third kappa shape index (κ3) is 16.2. The maximum atomic E-state index is 6.24. The van der Waals surface area contributed by atoms with Crippen molar-refractivity contribution in [2.24, 2.45) is 9.98 Å². The molecule has 2 aromatic heterocycles. The van der Waals surface area contributed by atoms with E-state index in [0.717, 1.165) is 90.9 Å². The molecule has 0 amide bonds. The quantitative estimate of drug-likeness (QED) is 0.0486. The molecule has 4 heterocycles. The zero-order valence-corrected chi connectivity index (χ0v) is 52.2. The summed E-state index contributed by atoms with van der Waals surface area (Å²) in [6, 6.07) is 54.9. The van der Waals surface area contributed by atoms with Gasteiger partial charge >= 0.3 is 0 Å². The molecule has 0 spiro atoms. The molecule has 0 radical (unpaired) electrons. The van der Waals surface area contributed by atoms with Crippen molar-refractivity contribution in [3.05, 3.63) is 227 Å². The largest absolute Gasteiger partial charge is 0.502 e. The molecule has 0 saturated heterocycles. The predicted octanol–water partition coefficient (Wildman–Crippen LogP) is 16.9. The number of aliphatic imine (C=N–C) groups is 2. The van der Waals surface area contributed by atoms with E-state index in [4.69, 9.17) is 9.47 Å². The Morgan fingerprint density at radius 1 is 0.525 bits per heavy atom. The number of aryl methyl sites for hydroxylation is 4. The Bertz CT molecular complexity index is 3090. The van der Waals surface area contributed by atoms with Crippen LogP contribution >= 0.6 is 0 Å². The summed E-state index contributed by atoms with van der Waals surface area (Å²) in [7, 11) is 4.03. The number of nitrogens with zero attached hydrogens (tertiary/aromatic N) is 10. The minimum Gasteiger partial charge on any atom is -0.502 e. The molecule has 10 rings (SSSR count). The van der Waals surface area contributed by atoms with Gasteiger partial charge in [-0.25, -0.2) is 9.97 Å². The summed E-state index contributed by atoms with van der Waals surface area (Å²) in [5, 5.41) is 9.31. The van der Waals surface area contributed by atoms with Crippen LogP contribution in [-0.2, 0) is 53.0 Å². The van der Waals surface area contributed by atoms with Crippen molar-refractivity contribution in [1.29, 1.82) is 0 Å². The average Bonchev–Trinajstić information content (AvgIpc) is 3.95. The van der Waals surface area contributed by atoms with Gasteiger partial charge in [0.1, 0.15) is 36.3 Å². The molecule has 2 aliphatic heterocycles. The van der Waals surface area contributed by atoms with Gasteiger partial charge in [0.15, 0.2) is 0 Å². The van der Waals surface area contributed by atoms with E-state index in [1.807, 2.05) is 161 Å². The summed E-state index contributed by atoms with van der Waals surface area (Å²) in [5.74, 6) is 3.35. The fraction of sp³-hybridized carbons (Fsp3) is 0.242. The minimum atomic E-state index is 0. The first-order valence-corrected chi connectivity index (χ1v) is 26.2. The normalized spacial score (nSPS) is 12.6. The summed E-state index contributed by atoms with van der Waals surface area (Å²) in [6.07, 6.45) is 6.80. The topological polar surface area (TPSA) is 110 Å². The fourth-order valence-electron chi connectivity index (χ4n) is 8.83. The Labute approximate surface area is 504 Å². The van der Waals surface area contributed by atoms with E-state index >= 15 is 0 Å². The molecule has 422 valence electrons. The third-order valence-corrected chi connectivity index (χ3v) is 12.9. The maximum Gasteiger partial charge on any atom is 0.125 e. The summed E-state index contributed by atoms with van der Waals surface area (Å²) < 4.78 is 12.5. The molecule has 0 bridgehead atoms.